The molecule has 0 aromatic rings. The molecule has 192 valence electrons. The maximum absolute atomic E-state index is 12.8. The predicted octanol–water partition coefficient (Wildman–Crippen LogP) is 6.06. The number of allylic oxidation sites excluding steroid dienone is 1. The van der Waals surface area contributed by atoms with Crippen molar-refractivity contribution in [2.75, 3.05) is 0 Å². The SMILES string of the molecule is C=C(C)[C@@H]1CC[C@]2(C(=O)O)CC[C@]3(C)[C@H](CC[C@@H]4[C@@]5(C)C[C@H](O)[C@H](O)C(C)(C)[C@@H]5CC[C@]43C)[C@@H]12. The van der Waals surface area contributed by atoms with Crippen LogP contribution in [0, 0.1) is 56.7 Å². The Labute approximate surface area is 206 Å². The van der Waals surface area contributed by atoms with Crippen molar-refractivity contribution in [2.24, 2.45) is 56.7 Å². The van der Waals surface area contributed by atoms with Crippen molar-refractivity contribution < 1.29 is 20.1 Å². The zero-order valence-electron chi connectivity index (χ0n) is 22.4. The lowest BCUT2D eigenvalue weighted by molar-refractivity contribution is -0.263. The number of carboxylic acid groups (broad SMARTS) is 1. The van der Waals surface area contributed by atoms with Gasteiger partial charge in [0, 0.05) is 0 Å². The maximum atomic E-state index is 12.8. The molecule has 34 heavy (non-hydrogen) atoms. The standard InChI is InChI=1S/C30H48O4/c1-17(2)18-10-13-30(25(33)34)15-14-28(6)19(23(18)30)8-9-22-27(5)16-20(31)24(32)26(3,4)21(27)11-12-29(22,28)7/h18-24,31-32H,1,8-16H2,2-7H3,(H,33,34)/t18-,19+,20-,21-,22+,23+,24-,27-,28+,29+,30-/m0/s1. The number of aliphatic carboxylic acids is 1. The van der Waals surface area contributed by atoms with Gasteiger partial charge in [0.05, 0.1) is 17.6 Å². The Morgan fingerprint density at radius 2 is 1.53 bits per heavy atom. The number of hydrogen-bond acceptors (Lipinski definition) is 3. The normalized spacial score (nSPS) is 55.9. The van der Waals surface area contributed by atoms with Gasteiger partial charge in [0.2, 0.25) is 0 Å². The lowest BCUT2D eigenvalue weighted by Crippen LogP contribution is -2.68. The Kier molecular flexibility index (Phi) is 5.36. The second-order valence-corrected chi connectivity index (χ2v) is 14.7. The minimum Gasteiger partial charge on any atom is -0.481 e. The number of aliphatic hydroxyl groups excluding tert-OH is 2. The van der Waals surface area contributed by atoms with E-state index in [-0.39, 0.29) is 27.6 Å². The van der Waals surface area contributed by atoms with Gasteiger partial charge in [-0.3, -0.25) is 4.79 Å². The number of carboxylic acids is 1. The molecule has 0 amide bonds. The molecule has 5 saturated carbocycles. The number of carbonyl (C=O) groups is 1. The van der Waals surface area contributed by atoms with Gasteiger partial charge in [0.1, 0.15) is 0 Å². The summed E-state index contributed by atoms with van der Waals surface area (Å²) in [6.07, 6.45) is 7.32. The topological polar surface area (TPSA) is 77.8 Å². The Morgan fingerprint density at radius 3 is 2.15 bits per heavy atom. The van der Waals surface area contributed by atoms with E-state index < -0.39 is 23.6 Å². The first-order valence-corrected chi connectivity index (χ1v) is 13.9. The Hall–Kier alpha value is -0.870. The molecule has 4 heteroatoms. The Balaban J connectivity index is 1.57. The quantitative estimate of drug-likeness (QED) is 0.427. The zero-order valence-corrected chi connectivity index (χ0v) is 22.4. The number of fused-ring (bicyclic) bond motifs is 7. The van der Waals surface area contributed by atoms with Crippen molar-refractivity contribution in [3.8, 4) is 0 Å². The van der Waals surface area contributed by atoms with Crippen LogP contribution in [-0.2, 0) is 4.79 Å². The molecule has 0 heterocycles. The molecule has 0 saturated heterocycles. The average Bonchev–Trinajstić information content (AvgIpc) is 3.14. The number of rotatable bonds is 2. The molecule has 3 N–H and O–H groups in total. The summed E-state index contributed by atoms with van der Waals surface area (Å²) in [5, 5.41) is 32.4. The van der Waals surface area contributed by atoms with Gasteiger partial charge >= 0.3 is 5.97 Å². The highest BCUT2D eigenvalue weighted by Crippen LogP contribution is 2.77. The van der Waals surface area contributed by atoms with Crippen LogP contribution in [0.1, 0.15) is 99.3 Å². The summed E-state index contributed by atoms with van der Waals surface area (Å²) in [6, 6.07) is 0. The third kappa shape index (κ3) is 2.76. The van der Waals surface area contributed by atoms with Crippen LogP contribution in [0.5, 0.6) is 0 Å². The molecule has 0 unspecified atom stereocenters. The Bertz CT molecular complexity index is 894. The van der Waals surface area contributed by atoms with E-state index >= 15 is 0 Å². The monoisotopic (exact) mass is 472 g/mol. The average molecular weight is 473 g/mol. The molecule has 4 nitrogen and oxygen atoms in total. The molecular formula is C30H48O4. The van der Waals surface area contributed by atoms with Gasteiger partial charge < -0.3 is 15.3 Å². The van der Waals surface area contributed by atoms with Gasteiger partial charge in [0.25, 0.3) is 0 Å². The van der Waals surface area contributed by atoms with Crippen molar-refractivity contribution in [3.63, 3.8) is 0 Å². The third-order valence-corrected chi connectivity index (χ3v) is 13.4. The van der Waals surface area contributed by atoms with Crippen LogP contribution in [0.2, 0.25) is 0 Å². The van der Waals surface area contributed by atoms with Gasteiger partial charge in [-0.25, -0.2) is 0 Å². The minimum absolute atomic E-state index is 0.00606. The fourth-order valence-corrected chi connectivity index (χ4v) is 11.7. The van der Waals surface area contributed by atoms with Crippen molar-refractivity contribution in [1.82, 2.24) is 0 Å². The lowest BCUT2D eigenvalue weighted by Gasteiger charge is -2.73. The second kappa shape index (κ2) is 7.34. The summed E-state index contributed by atoms with van der Waals surface area (Å²) in [5.41, 5.74) is 0.501. The van der Waals surface area contributed by atoms with Gasteiger partial charge in [-0.2, -0.15) is 0 Å². The van der Waals surface area contributed by atoms with E-state index in [0.29, 0.717) is 30.1 Å². The van der Waals surface area contributed by atoms with Crippen molar-refractivity contribution >= 4 is 5.97 Å². The first-order valence-electron chi connectivity index (χ1n) is 13.9. The first-order chi connectivity index (χ1) is 15.7. The summed E-state index contributed by atoms with van der Waals surface area (Å²) in [7, 11) is 0. The van der Waals surface area contributed by atoms with Crippen LogP contribution < -0.4 is 0 Å². The summed E-state index contributed by atoms with van der Waals surface area (Å²) >= 11 is 0. The lowest BCUT2D eigenvalue weighted by atomic mass is 9.32. The molecule has 11 atom stereocenters. The van der Waals surface area contributed by atoms with Crippen LogP contribution in [0.4, 0.5) is 0 Å². The highest BCUT2D eigenvalue weighted by Gasteiger charge is 2.72. The van der Waals surface area contributed by atoms with E-state index in [1.165, 1.54) is 5.57 Å². The number of hydrogen-bond donors (Lipinski definition) is 3. The fourth-order valence-electron chi connectivity index (χ4n) is 11.7. The van der Waals surface area contributed by atoms with Gasteiger partial charge in [-0.1, -0.05) is 46.8 Å². The first kappa shape index (κ1) is 24.8. The molecule has 5 aliphatic carbocycles. The van der Waals surface area contributed by atoms with E-state index in [2.05, 4.69) is 48.1 Å². The highest BCUT2D eigenvalue weighted by atomic mass is 16.4. The summed E-state index contributed by atoms with van der Waals surface area (Å²) in [4.78, 5) is 12.8. The van der Waals surface area contributed by atoms with Crippen LogP contribution >= 0.6 is 0 Å². The molecule has 5 aliphatic rings. The van der Waals surface area contributed by atoms with Gasteiger partial charge in [-0.15, -0.1) is 0 Å². The van der Waals surface area contributed by atoms with Crippen LogP contribution in [0.15, 0.2) is 12.2 Å². The zero-order chi connectivity index (χ0) is 25.1. The van der Waals surface area contributed by atoms with E-state index in [9.17, 15) is 20.1 Å². The smallest absolute Gasteiger partial charge is 0.309 e. The minimum atomic E-state index is -0.669. The van der Waals surface area contributed by atoms with E-state index in [0.717, 1.165) is 51.4 Å². The number of aliphatic hydroxyl groups is 2. The molecular weight excluding hydrogens is 424 g/mol. The molecule has 0 aromatic carbocycles. The largest absolute Gasteiger partial charge is 0.481 e. The van der Waals surface area contributed by atoms with E-state index in [4.69, 9.17) is 0 Å². The summed E-state index contributed by atoms with van der Waals surface area (Å²) in [6.45, 7) is 18.2. The second-order valence-electron chi connectivity index (χ2n) is 14.7. The predicted molar refractivity (Wildman–Crippen MR) is 134 cm³/mol. The van der Waals surface area contributed by atoms with Crippen LogP contribution in [0.25, 0.3) is 0 Å². The molecule has 0 aliphatic heterocycles. The van der Waals surface area contributed by atoms with E-state index in [1.807, 2.05) is 0 Å². The third-order valence-electron chi connectivity index (χ3n) is 13.4. The molecule has 0 aromatic heterocycles. The Morgan fingerprint density at radius 1 is 0.853 bits per heavy atom. The van der Waals surface area contributed by atoms with Crippen molar-refractivity contribution in [1.29, 1.82) is 0 Å². The summed E-state index contributed by atoms with van der Waals surface area (Å²) in [5.74, 6) is 1.24. The maximum Gasteiger partial charge on any atom is 0.309 e. The van der Waals surface area contributed by atoms with Crippen molar-refractivity contribution in [3.05, 3.63) is 12.2 Å². The molecule has 0 bridgehead atoms. The molecule has 5 rings (SSSR count). The molecule has 5 fully saturated rings. The van der Waals surface area contributed by atoms with Crippen LogP contribution in [-0.4, -0.2) is 33.5 Å². The van der Waals surface area contributed by atoms with Crippen LogP contribution in [0.3, 0.4) is 0 Å². The van der Waals surface area contributed by atoms with E-state index in [1.54, 1.807) is 0 Å². The molecule has 0 radical (unpaired) electrons. The van der Waals surface area contributed by atoms with Gasteiger partial charge in [-0.05, 0) is 116 Å². The molecule has 0 spiro atoms. The van der Waals surface area contributed by atoms with Crippen molar-refractivity contribution in [2.45, 2.75) is 112 Å². The highest BCUT2D eigenvalue weighted by molar-refractivity contribution is 5.76. The van der Waals surface area contributed by atoms with Gasteiger partial charge in [0.15, 0.2) is 0 Å². The fraction of sp³-hybridized carbons (Fsp3) is 0.900. The summed E-state index contributed by atoms with van der Waals surface area (Å²) < 4.78 is 0.